The van der Waals surface area contributed by atoms with Crippen LogP contribution in [0.4, 0.5) is 0 Å². The maximum atomic E-state index is 5.69. The van der Waals surface area contributed by atoms with E-state index in [2.05, 4.69) is 6.07 Å². The molecule has 0 nitrogen and oxygen atoms in total. The third-order valence-electron chi connectivity index (χ3n) is 1.37. The summed E-state index contributed by atoms with van der Waals surface area (Å²) in [5, 5.41) is 0.762. The van der Waals surface area contributed by atoms with Crippen molar-refractivity contribution in [2.45, 2.75) is 13.8 Å². The van der Waals surface area contributed by atoms with Crippen molar-refractivity contribution in [3.63, 3.8) is 0 Å². The Morgan fingerprint density at radius 2 is 2.11 bits per heavy atom. The number of benzene rings is 1. The summed E-state index contributed by atoms with van der Waals surface area (Å²) >= 11 is 5.69. The molecule has 0 saturated heterocycles. The molecular formula is C8H8Cl. The fraction of sp³-hybridized carbons (Fsp3) is 0.250. The molecule has 1 aromatic rings. The zero-order valence-electron chi connectivity index (χ0n) is 5.53. The molecule has 0 aliphatic carbocycles. The first-order valence-electron chi connectivity index (χ1n) is 2.84. The highest BCUT2D eigenvalue weighted by Gasteiger charge is 1.91. The lowest BCUT2D eigenvalue weighted by Gasteiger charge is -1.96. The summed E-state index contributed by atoms with van der Waals surface area (Å²) in [7, 11) is 0. The van der Waals surface area contributed by atoms with Crippen molar-refractivity contribution < 1.29 is 0 Å². The monoisotopic (exact) mass is 139 g/mol. The number of rotatable bonds is 0. The predicted octanol–water partition coefficient (Wildman–Crippen LogP) is 2.76. The summed E-state index contributed by atoms with van der Waals surface area (Å²) < 4.78 is 0. The first kappa shape index (κ1) is 6.63. The number of aryl methyl sites for hydroxylation is 2. The first-order valence-corrected chi connectivity index (χ1v) is 3.22. The highest BCUT2D eigenvalue weighted by atomic mass is 35.5. The smallest absolute Gasteiger partial charge is 0.0415 e. The van der Waals surface area contributed by atoms with Crippen LogP contribution in [0.15, 0.2) is 12.1 Å². The van der Waals surface area contributed by atoms with Crippen molar-refractivity contribution in [3.8, 4) is 0 Å². The second kappa shape index (κ2) is 2.40. The molecule has 0 heterocycles. The van der Waals surface area contributed by atoms with Gasteiger partial charge in [0, 0.05) is 5.02 Å². The van der Waals surface area contributed by atoms with E-state index < -0.39 is 0 Å². The van der Waals surface area contributed by atoms with Crippen LogP contribution in [-0.2, 0) is 0 Å². The zero-order valence-corrected chi connectivity index (χ0v) is 6.29. The molecule has 1 heteroatoms. The van der Waals surface area contributed by atoms with Crippen molar-refractivity contribution in [1.29, 1.82) is 0 Å². The normalized spacial score (nSPS) is 9.67. The predicted molar refractivity (Wildman–Crippen MR) is 39.8 cm³/mol. The molecule has 1 rings (SSSR count). The Morgan fingerprint density at radius 3 is 2.56 bits per heavy atom. The Kier molecular flexibility index (Phi) is 1.77. The maximum absolute atomic E-state index is 5.69. The van der Waals surface area contributed by atoms with Gasteiger partial charge in [-0.05, 0) is 43.2 Å². The maximum Gasteiger partial charge on any atom is 0.0415 e. The average molecular weight is 140 g/mol. The van der Waals surface area contributed by atoms with Gasteiger partial charge in [0.25, 0.3) is 0 Å². The average Bonchev–Trinajstić information content (AvgIpc) is 1.80. The molecule has 0 aromatic heterocycles. The van der Waals surface area contributed by atoms with Gasteiger partial charge in [-0.2, -0.15) is 0 Å². The van der Waals surface area contributed by atoms with Gasteiger partial charge < -0.3 is 0 Å². The topological polar surface area (TPSA) is 0 Å². The summed E-state index contributed by atoms with van der Waals surface area (Å²) in [6.45, 7) is 4.05. The third kappa shape index (κ3) is 1.46. The van der Waals surface area contributed by atoms with E-state index in [1.54, 1.807) is 6.07 Å². The van der Waals surface area contributed by atoms with Crippen LogP contribution in [0.5, 0.6) is 0 Å². The fourth-order valence-electron chi connectivity index (χ4n) is 0.648. The van der Waals surface area contributed by atoms with Gasteiger partial charge in [0.15, 0.2) is 0 Å². The van der Waals surface area contributed by atoms with Gasteiger partial charge in [-0.25, -0.2) is 0 Å². The lowest BCUT2D eigenvalue weighted by atomic mass is 10.1. The van der Waals surface area contributed by atoms with Crippen LogP contribution >= 0.6 is 11.6 Å². The molecule has 0 aliphatic heterocycles. The van der Waals surface area contributed by atoms with Crippen LogP contribution in [0.1, 0.15) is 11.1 Å². The summed E-state index contributed by atoms with van der Waals surface area (Å²) in [5.41, 5.74) is 2.36. The standard InChI is InChI=1S/C8H8Cl/c1-6-3-4-8(9)5-7(6)2/h4-5H,1-2H3. The highest BCUT2D eigenvalue weighted by Crippen LogP contribution is 2.12. The first-order chi connectivity index (χ1) is 4.20. The van der Waals surface area contributed by atoms with Crippen molar-refractivity contribution >= 4 is 11.6 Å². The Morgan fingerprint density at radius 1 is 1.44 bits per heavy atom. The van der Waals surface area contributed by atoms with Crippen LogP contribution in [0.3, 0.4) is 0 Å². The summed E-state index contributed by atoms with van der Waals surface area (Å²) in [5.74, 6) is 0. The molecule has 0 aliphatic rings. The quantitative estimate of drug-likeness (QED) is 0.519. The largest absolute Gasteiger partial charge is 0.0843 e. The molecule has 0 unspecified atom stereocenters. The van der Waals surface area contributed by atoms with E-state index in [1.165, 1.54) is 11.1 Å². The van der Waals surface area contributed by atoms with Gasteiger partial charge in [-0.1, -0.05) is 11.6 Å². The van der Waals surface area contributed by atoms with Gasteiger partial charge in [0.2, 0.25) is 0 Å². The van der Waals surface area contributed by atoms with E-state index in [1.807, 2.05) is 19.9 Å². The molecule has 0 amide bonds. The Hall–Kier alpha value is -0.490. The molecule has 9 heavy (non-hydrogen) atoms. The number of halogens is 1. The van der Waals surface area contributed by atoms with Crippen molar-refractivity contribution in [3.05, 3.63) is 34.3 Å². The molecule has 0 N–H and O–H groups in total. The van der Waals surface area contributed by atoms with E-state index in [-0.39, 0.29) is 0 Å². The summed E-state index contributed by atoms with van der Waals surface area (Å²) in [4.78, 5) is 0. The van der Waals surface area contributed by atoms with Crippen LogP contribution in [0.2, 0.25) is 5.02 Å². The van der Waals surface area contributed by atoms with Crippen molar-refractivity contribution in [2.24, 2.45) is 0 Å². The molecule has 1 aromatic carbocycles. The van der Waals surface area contributed by atoms with Crippen molar-refractivity contribution in [2.75, 3.05) is 0 Å². The summed E-state index contributed by atoms with van der Waals surface area (Å²) in [6.07, 6.45) is 0. The van der Waals surface area contributed by atoms with E-state index in [4.69, 9.17) is 11.6 Å². The minimum absolute atomic E-state index is 0.762. The molecule has 0 spiro atoms. The number of hydrogen-bond donors (Lipinski definition) is 0. The molecule has 0 saturated carbocycles. The molecule has 0 atom stereocenters. The Labute approximate surface area is 60.5 Å². The van der Waals surface area contributed by atoms with E-state index in [9.17, 15) is 0 Å². The van der Waals surface area contributed by atoms with E-state index in [0.29, 0.717) is 0 Å². The molecule has 1 radical (unpaired) electrons. The molecule has 0 bridgehead atoms. The van der Waals surface area contributed by atoms with Gasteiger partial charge in [-0.3, -0.25) is 0 Å². The zero-order chi connectivity index (χ0) is 6.85. The van der Waals surface area contributed by atoms with Gasteiger partial charge >= 0.3 is 0 Å². The van der Waals surface area contributed by atoms with Crippen LogP contribution < -0.4 is 0 Å². The minimum Gasteiger partial charge on any atom is -0.0843 e. The van der Waals surface area contributed by atoms with Crippen LogP contribution in [-0.4, -0.2) is 0 Å². The van der Waals surface area contributed by atoms with Crippen LogP contribution in [0.25, 0.3) is 0 Å². The van der Waals surface area contributed by atoms with Crippen LogP contribution in [0, 0.1) is 19.9 Å². The summed E-state index contributed by atoms with van der Waals surface area (Å²) in [6, 6.07) is 6.76. The van der Waals surface area contributed by atoms with E-state index >= 15 is 0 Å². The highest BCUT2D eigenvalue weighted by molar-refractivity contribution is 6.30. The fourth-order valence-corrected chi connectivity index (χ4v) is 0.866. The molecule has 47 valence electrons. The molecular weight excluding hydrogens is 132 g/mol. The van der Waals surface area contributed by atoms with Gasteiger partial charge in [0.1, 0.15) is 0 Å². The minimum atomic E-state index is 0.762. The number of hydrogen-bond acceptors (Lipinski definition) is 0. The van der Waals surface area contributed by atoms with Crippen molar-refractivity contribution in [1.82, 2.24) is 0 Å². The Balaban J connectivity index is 3.17. The lowest BCUT2D eigenvalue weighted by molar-refractivity contribution is 1.33. The van der Waals surface area contributed by atoms with Gasteiger partial charge in [-0.15, -0.1) is 0 Å². The Bertz CT molecular complexity index is 216. The molecule has 0 fully saturated rings. The SMILES string of the molecule is Cc1[c]cc(Cl)cc1C. The van der Waals surface area contributed by atoms with E-state index in [0.717, 1.165) is 5.02 Å². The third-order valence-corrected chi connectivity index (χ3v) is 1.59. The second-order valence-electron chi connectivity index (χ2n) is 2.13. The second-order valence-corrected chi connectivity index (χ2v) is 2.56. The van der Waals surface area contributed by atoms with Gasteiger partial charge in [0.05, 0.1) is 0 Å². The lowest BCUT2D eigenvalue weighted by Crippen LogP contribution is -1.78.